The van der Waals surface area contributed by atoms with Crippen LogP contribution in [0.5, 0.6) is 11.5 Å². The number of likely N-dealkylation sites (tertiary alicyclic amines) is 1. The fraction of sp³-hybridized carbons (Fsp3) is 0.333. The molecule has 2 aromatic carbocycles. The highest BCUT2D eigenvalue weighted by Crippen LogP contribution is 2.46. The molecule has 4 rings (SSSR count). The molecule has 0 spiro atoms. The first-order chi connectivity index (χ1) is 18.3. The zero-order valence-corrected chi connectivity index (χ0v) is 22.8. The number of methoxy groups -OCH3 is 3. The van der Waals surface area contributed by atoms with Crippen molar-refractivity contribution in [3.63, 3.8) is 0 Å². The summed E-state index contributed by atoms with van der Waals surface area (Å²) in [6, 6.07) is 7.03. The van der Waals surface area contributed by atoms with E-state index in [4.69, 9.17) is 42.4 Å². The summed E-state index contributed by atoms with van der Waals surface area (Å²) in [6.07, 6.45) is 3.43. The molecule has 1 N–H and O–H groups in total. The third kappa shape index (κ3) is 5.70. The molecule has 2 heterocycles. The van der Waals surface area contributed by atoms with Gasteiger partial charge < -0.3 is 24.4 Å². The Balaban J connectivity index is 1.62. The largest absolute Gasteiger partial charge is 0.495 e. The van der Waals surface area contributed by atoms with Crippen LogP contribution < -0.4 is 14.8 Å². The van der Waals surface area contributed by atoms with Crippen LogP contribution in [0.4, 0.5) is 0 Å². The molecule has 11 heteroatoms. The van der Waals surface area contributed by atoms with Crippen molar-refractivity contribution in [2.75, 3.05) is 41.0 Å². The van der Waals surface area contributed by atoms with Gasteiger partial charge in [-0.1, -0.05) is 35.8 Å². The third-order valence-electron chi connectivity index (χ3n) is 6.51. The van der Waals surface area contributed by atoms with E-state index in [9.17, 15) is 9.59 Å². The Hall–Kier alpha value is -3.40. The molecule has 2 atom stereocenters. The lowest BCUT2D eigenvalue weighted by Gasteiger charge is -2.18. The number of ether oxygens (including phenoxy) is 3. The van der Waals surface area contributed by atoms with Gasteiger partial charge in [0, 0.05) is 55.8 Å². The smallest absolute Gasteiger partial charge is 0.248 e. The highest BCUT2D eigenvalue weighted by Gasteiger charge is 2.36. The molecule has 2 amide bonds. The van der Waals surface area contributed by atoms with Crippen LogP contribution in [0.3, 0.4) is 0 Å². The van der Waals surface area contributed by atoms with Gasteiger partial charge in [0.2, 0.25) is 11.8 Å². The van der Waals surface area contributed by atoms with Crippen LogP contribution in [0.2, 0.25) is 10.0 Å². The van der Waals surface area contributed by atoms with Crippen LogP contribution in [-0.2, 0) is 20.7 Å². The van der Waals surface area contributed by atoms with Gasteiger partial charge in [0.25, 0.3) is 0 Å². The minimum Gasteiger partial charge on any atom is -0.495 e. The van der Waals surface area contributed by atoms with E-state index in [1.165, 1.54) is 27.4 Å². The van der Waals surface area contributed by atoms with E-state index in [0.29, 0.717) is 52.4 Å². The average Bonchev–Trinajstić information content (AvgIpc) is 3.31. The molecule has 1 aromatic heterocycles. The predicted molar refractivity (Wildman–Crippen MR) is 146 cm³/mol. The number of rotatable bonds is 9. The Kier molecular flexibility index (Phi) is 8.71. The summed E-state index contributed by atoms with van der Waals surface area (Å²) in [7, 11) is 4.53. The number of benzene rings is 2. The van der Waals surface area contributed by atoms with E-state index >= 15 is 0 Å². The first-order valence-electron chi connectivity index (χ1n) is 11.8. The maximum Gasteiger partial charge on any atom is 0.248 e. The summed E-state index contributed by atoms with van der Waals surface area (Å²) in [5, 5.41) is 4.46. The monoisotopic (exact) mass is 558 g/mol. The number of halogens is 2. The quantitative estimate of drug-likeness (QED) is 0.397. The van der Waals surface area contributed by atoms with Crippen LogP contribution in [0.1, 0.15) is 5.82 Å². The van der Waals surface area contributed by atoms with Gasteiger partial charge in [0.15, 0.2) is 0 Å². The van der Waals surface area contributed by atoms with Crippen molar-refractivity contribution in [2.24, 2.45) is 5.92 Å². The SMILES string of the molecule is C=CC(=O)NC1CN(C(=O)COC)CC1Cc1ncc2cc(-c3c(Cl)c(OC)cc(OC)c3Cl)ccc2n1. The van der Waals surface area contributed by atoms with Crippen molar-refractivity contribution in [3.05, 3.63) is 59.0 Å². The van der Waals surface area contributed by atoms with Gasteiger partial charge in [0.1, 0.15) is 23.9 Å². The fourth-order valence-corrected chi connectivity index (χ4v) is 5.32. The molecule has 200 valence electrons. The Morgan fingerprint density at radius 3 is 2.47 bits per heavy atom. The van der Waals surface area contributed by atoms with Crippen molar-refractivity contribution >= 4 is 45.9 Å². The highest BCUT2D eigenvalue weighted by atomic mass is 35.5. The molecule has 1 aliphatic rings. The maximum absolute atomic E-state index is 12.4. The Morgan fingerprint density at radius 2 is 1.84 bits per heavy atom. The molecular weight excluding hydrogens is 531 g/mol. The molecule has 1 fully saturated rings. The summed E-state index contributed by atoms with van der Waals surface area (Å²) in [4.78, 5) is 35.4. The average molecular weight is 559 g/mol. The number of hydrogen-bond acceptors (Lipinski definition) is 7. The number of carbonyl (C=O) groups is 2. The van der Waals surface area contributed by atoms with Crippen LogP contribution in [0.25, 0.3) is 22.0 Å². The zero-order valence-electron chi connectivity index (χ0n) is 21.3. The number of nitrogens with zero attached hydrogens (tertiary/aromatic N) is 3. The summed E-state index contributed by atoms with van der Waals surface area (Å²) >= 11 is 13.2. The number of amides is 2. The molecule has 0 radical (unpaired) electrons. The van der Waals surface area contributed by atoms with E-state index < -0.39 is 0 Å². The van der Waals surface area contributed by atoms with E-state index in [0.717, 1.165) is 16.5 Å². The lowest BCUT2D eigenvalue weighted by molar-refractivity contribution is -0.134. The Labute approximate surface area is 230 Å². The van der Waals surface area contributed by atoms with Gasteiger partial charge in [-0.15, -0.1) is 0 Å². The van der Waals surface area contributed by atoms with Crippen LogP contribution in [0, 0.1) is 5.92 Å². The number of fused-ring (bicyclic) bond motifs is 1. The maximum atomic E-state index is 12.4. The molecule has 0 bridgehead atoms. The molecule has 1 aliphatic heterocycles. The first kappa shape index (κ1) is 27.6. The molecule has 0 aliphatic carbocycles. The van der Waals surface area contributed by atoms with Crippen LogP contribution in [-0.4, -0.2) is 73.7 Å². The van der Waals surface area contributed by atoms with Gasteiger partial charge in [-0.25, -0.2) is 9.97 Å². The Bertz CT molecular complexity index is 1360. The van der Waals surface area contributed by atoms with E-state index in [2.05, 4.69) is 16.9 Å². The zero-order chi connectivity index (χ0) is 27.4. The van der Waals surface area contributed by atoms with E-state index in [1.54, 1.807) is 17.2 Å². The summed E-state index contributed by atoms with van der Waals surface area (Å²) in [6.45, 7) is 4.35. The van der Waals surface area contributed by atoms with Crippen molar-refractivity contribution in [3.8, 4) is 22.6 Å². The van der Waals surface area contributed by atoms with Gasteiger partial charge in [-0.05, 0) is 23.8 Å². The standard InChI is InChI=1S/C27H28Cl2N4O5/c1-5-23(34)32-19-13-33(24(35)14-36-2)12-17(19)9-22-30-11-16-8-15(6-7-18(16)31-22)25-26(28)20(37-3)10-21(38-4)27(25)29/h5-8,10-11,17,19H,1,9,12-14H2,2-4H3,(H,32,34). The van der Waals surface area contributed by atoms with Crippen molar-refractivity contribution < 1.29 is 23.8 Å². The van der Waals surface area contributed by atoms with Crippen LogP contribution >= 0.6 is 23.2 Å². The molecule has 3 aromatic rings. The summed E-state index contributed by atoms with van der Waals surface area (Å²) < 4.78 is 15.8. The number of carbonyl (C=O) groups excluding carboxylic acids is 2. The minimum atomic E-state index is -0.292. The minimum absolute atomic E-state index is 0.0170. The lowest BCUT2D eigenvalue weighted by Crippen LogP contribution is -2.41. The number of aromatic nitrogens is 2. The van der Waals surface area contributed by atoms with Crippen molar-refractivity contribution in [2.45, 2.75) is 12.5 Å². The predicted octanol–water partition coefficient (Wildman–Crippen LogP) is 3.94. The number of nitrogens with one attached hydrogen (secondary N) is 1. The van der Waals surface area contributed by atoms with Crippen molar-refractivity contribution in [1.82, 2.24) is 20.2 Å². The molecule has 38 heavy (non-hydrogen) atoms. The molecule has 2 unspecified atom stereocenters. The molecule has 0 saturated carbocycles. The third-order valence-corrected chi connectivity index (χ3v) is 7.26. The normalized spacial score (nSPS) is 16.9. The van der Waals surface area contributed by atoms with Gasteiger partial charge in [-0.2, -0.15) is 0 Å². The van der Waals surface area contributed by atoms with E-state index in [1.807, 2.05) is 18.2 Å². The van der Waals surface area contributed by atoms with E-state index in [-0.39, 0.29) is 30.4 Å². The Morgan fingerprint density at radius 1 is 1.13 bits per heavy atom. The van der Waals surface area contributed by atoms with Crippen molar-refractivity contribution in [1.29, 1.82) is 0 Å². The molecular formula is C27H28Cl2N4O5. The second-order valence-electron chi connectivity index (χ2n) is 8.86. The molecule has 1 saturated heterocycles. The topological polar surface area (TPSA) is 103 Å². The summed E-state index contributed by atoms with van der Waals surface area (Å²) in [5.41, 5.74) is 2.08. The number of hydrogen-bond donors (Lipinski definition) is 1. The highest BCUT2D eigenvalue weighted by molar-refractivity contribution is 6.41. The summed E-state index contributed by atoms with van der Waals surface area (Å²) in [5.74, 6) is 1.00. The second-order valence-corrected chi connectivity index (χ2v) is 9.61. The first-order valence-corrected chi connectivity index (χ1v) is 12.6. The molecule has 9 nitrogen and oxygen atoms in total. The fourth-order valence-electron chi connectivity index (χ4n) is 4.60. The van der Waals surface area contributed by atoms with Gasteiger partial charge in [-0.3, -0.25) is 9.59 Å². The second kappa shape index (κ2) is 12.0. The van der Waals surface area contributed by atoms with Crippen LogP contribution in [0.15, 0.2) is 43.1 Å². The van der Waals surface area contributed by atoms with Gasteiger partial charge >= 0.3 is 0 Å². The van der Waals surface area contributed by atoms with Gasteiger partial charge in [0.05, 0.1) is 35.8 Å². The lowest BCUT2D eigenvalue weighted by atomic mass is 9.99.